The smallest absolute Gasteiger partial charge is 0.313 e. The molecule has 2 amide bonds. The van der Waals surface area contributed by atoms with Crippen LogP contribution in [0.3, 0.4) is 0 Å². The van der Waals surface area contributed by atoms with E-state index in [1.165, 1.54) is 23.4 Å². The number of hydrogen-bond donors (Lipinski definition) is 2. The zero-order valence-corrected chi connectivity index (χ0v) is 20.0. The third-order valence-electron chi connectivity index (χ3n) is 6.00. The van der Waals surface area contributed by atoms with E-state index in [-0.39, 0.29) is 23.0 Å². The number of aryl methyl sites for hydroxylation is 3. The molecule has 1 aliphatic heterocycles. The molecule has 0 bridgehead atoms. The van der Waals surface area contributed by atoms with Gasteiger partial charge in [-0.2, -0.15) is 4.31 Å². The maximum atomic E-state index is 13.6. The Bertz CT molecular complexity index is 1130. The van der Waals surface area contributed by atoms with E-state index in [1.807, 2.05) is 32.0 Å². The Balaban J connectivity index is 1.61. The van der Waals surface area contributed by atoms with Crippen LogP contribution in [-0.2, 0) is 19.6 Å². The lowest BCUT2D eigenvalue weighted by Gasteiger charge is -2.34. The SMILES string of the molecule is Cc1cc(S(=O)(=O)N2CCCC[C@H]2CCNC(=O)C(=O)Nc2c(C)cccc2C)ccc1F. The minimum atomic E-state index is -3.79. The van der Waals surface area contributed by atoms with Gasteiger partial charge in [0.15, 0.2) is 0 Å². The molecule has 0 aromatic heterocycles. The molecule has 0 radical (unpaired) electrons. The van der Waals surface area contributed by atoms with Crippen LogP contribution in [0.15, 0.2) is 41.3 Å². The standard InChI is InChI=1S/C24H30FN3O4S/c1-16-7-6-8-17(2)22(16)27-24(30)23(29)26-13-12-19-9-4-5-14-28(19)33(31,32)20-10-11-21(25)18(3)15-20/h6-8,10-11,15,19H,4-5,9,12-14H2,1-3H3,(H,26,29)(H,27,30)/t19-/m0/s1. The van der Waals surface area contributed by atoms with Crippen LogP contribution in [0.2, 0.25) is 0 Å². The van der Waals surface area contributed by atoms with Crippen molar-refractivity contribution in [1.82, 2.24) is 9.62 Å². The first kappa shape index (κ1) is 24.9. The first-order valence-corrected chi connectivity index (χ1v) is 12.5. The van der Waals surface area contributed by atoms with Gasteiger partial charge >= 0.3 is 11.8 Å². The van der Waals surface area contributed by atoms with Crippen LogP contribution in [0, 0.1) is 26.6 Å². The molecule has 0 unspecified atom stereocenters. The summed E-state index contributed by atoms with van der Waals surface area (Å²) in [5.41, 5.74) is 2.59. The number of benzene rings is 2. The van der Waals surface area contributed by atoms with Crippen molar-refractivity contribution in [2.75, 3.05) is 18.4 Å². The lowest BCUT2D eigenvalue weighted by molar-refractivity contribution is -0.136. The number of piperidine rings is 1. The Kier molecular flexibility index (Phi) is 7.86. The van der Waals surface area contributed by atoms with Crippen LogP contribution in [0.5, 0.6) is 0 Å². The molecule has 178 valence electrons. The Morgan fingerprint density at radius 1 is 1.03 bits per heavy atom. The summed E-state index contributed by atoms with van der Waals surface area (Å²) in [5.74, 6) is -1.98. The fraction of sp³-hybridized carbons (Fsp3) is 0.417. The van der Waals surface area contributed by atoms with Crippen molar-refractivity contribution in [2.45, 2.75) is 57.4 Å². The highest BCUT2D eigenvalue weighted by Crippen LogP contribution is 2.28. The molecule has 1 atom stereocenters. The number of carbonyl (C=O) groups excluding carboxylic acids is 2. The first-order chi connectivity index (χ1) is 15.6. The monoisotopic (exact) mass is 475 g/mol. The number of nitrogens with zero attached hydrogens (tertiary/aromatic N) is 1. The summed E-state index contributed by atoms with van der Waals surface area (Å²) in [6.45, 7) is 5.76. The van der Waals surface area contributed by atoms with Gasteiger partial charge in [0.1, 0.15) is 5.82 Å². The average molecular weight is 476 g/mol. The minimum Gasteiger partial charge on any atom is -0.348 e. The third kappa shape index (κ3) is 5.78. The average Bonchev–Trinajstić information content (AvgIpc) is 2.78. The zero-order valence-electron chi connectivity index (χ0n) is 19.2. The maximum Gasteiger partial charge on any atom is 0.313 e. The predicted octanol–water partition coefficient (Wildman–Crippen LogP) is 3.44. The third-order valence-corrected chi connectivity index (χ3v) is 7.95. The van der Waals surface area contributed by atoms with E-state index < -0.39 is 27.7 Å². The topological polar surface area (TPSA) is 95.6 Å². The highest BCUT2D eigenvalue weighted by atomic mass is 32.2. The van der Waals surface area contributed by atoms with E-state index >= 15 is 0 Å². The van der Waals surface area contributed by atoms with E-state index in [4.69, 9.17) is 0 Å². The molecule has 2 aromatic rings. The number of sulfonamides is 1. The lowest BCUT2D eigenvalue weighted by atomic mass is 10.0. The lowest BCUT2D eigenvalue weighted by Crippen LogP contribution is -2.45. The number of nitrogens with one attached hydrogen (secondary N) is 2. The molecular weight excluding hydrogens is 445 g/mol. The maximum absolute atomic E-state index is 13.6. The molecule has 1 saturated heterocycles. The van der Waals surface area contributed by atoms with Gasteiger partial charge in [-0.1, -0.05) is 24.6 Å². The molecule has 33 heavy (non-hydrogen) atoms. The van der Waals surface area contributed by atoms with Gasteiger partial charge in [0.2, 0.25) is 10.0 Å². The van der Waals surface area contributed by atoms with E-state index in [9.17, 15) is 22.4 Å². The number of halogens is 1. The van der Waals surface area contributed by atoms with Crippen molar-refractivity contribution in [3.05, 3.63) is 58.9 Å². The number of carbonyl (C=O) groups is 2. The summed E-state index contributed by atoms with van der Waals surface area (Å²) in [6, 6.07) is 9.05. The Morgan fingerprint density at radius 2 is 1.73 bits per heavy atom. The molecule has 0 spiro atoms. The molecule has 7 nitrogen and oxygen atoms in total. The second-order valence-electron chi connectivity index (χ2n) is 8.44. The quantitative estimate of drug-likeness (QED) is 0.626. The summed E-state index contributed by atoms with van der Waals surface area (Å²) < 4.78 is 41.4. The number of para-hydroxylation sites is 1. The number of amides is 2. The fourth-order valence-corrected chi connectivity index (χ4v) is 5.92. The molecule has 1 fully saturated rings. The first-order valence-electron chi connectivity index (χ1n) is 11.0. The molecular formula is C24H30FN3O4S. The molecule has 1 aliphatic rings. The summed E-state index contributed by atoms with van der Waals surface area (Å²) >= 11 is 0. The Hall–Kier alpha value is -2.78. The largest absolute Gasteiger partial charge is 0.348 e. The van der Waals surface area contributed by atoms with Gasteiger partial charge in [0, 0.05) is 24.8 Å². The van der Waals surface area contributed by atoms with Crippen LogP contribution in [0.4, 0.5) is 10.1 Å². The van der Waals surface area contributed by atoms with Crippen molar-refractivity contribution >= 4 is 27.5 Å². The van der Waals surface area contributed by atoms with E-state index in [0.717, 1.165) is 30.0 Å². The molecule has 9 heteroatoms. The van der Waals surface area contributed by atoms with E-state index in [0.29, 0.717) is 25.1 Å². The second kappa shape index (κ2) is 10.4. The van der Waals surface area contributed by atoms with Gasteiger partial charge in [-0.15, -0.1) is 0 Å². The summed E-state index contributed by atoms with van der Waals surface area (Å²) in [6.07, 6.45) is 2.65. The molecule has 0 saturated carbocycles. The van der Waals surface area contributed by atoms with Gasteiger partial charge in [-0.05, 0) is 74.9 Å². The summed E-state index contributed by atoms with van der Waals surface area (Å²) in [5, 5.41) is 5.24. The van der Waals surface area contributed by atoms with Crippen molar-refractivity contribution in [3.63, 3.8) is 0 Å². The summed E-state index contributed by atoms with van der Waals surface area (Å²) in [7, 11) is -3.79. The van der Waals surface area contributed by atoms with Crippen LogP contribution in [0.1, 0.15) is 42.4 Å². The van der Waals surface area contributed by atoms with Crippen LogP contribution in [-0.4, -0.2) is 43.7 Å². The van der Waals surface area contributed by atoms with Gasteiger partial charge in [-0.3, -0.25) is 9.59 Å². The molecule has 3 rings (SSSR count). The van der Waals surface area contributed by atoms with Crippen LogP contribution >= 0.6 is 0 Å². The molecule has 2 N–H and O–H groups in total. The molecule has 1 heterocycles. The highest BCUT2D eigenvalue weighted by molar-refractivity contribution is 7.89. The van der Waals surface area contributed by atoms with Gasteiger partial charge in [0.05, 0.1) is 4.90 Å². The van der Waals surface area contributed by atoms with E-state index in [1.54, 1.807) is 0 Å². The normalized spacial score (nSPS) is 16.9. The van der Waals surface area contributed by atoms with E-state index in [2.05, 4.69) is 10.6 Å². The zero-order chi connectivity index (χ0) is 24.2. The minimum absolute atomic E-state index is 0.0605. The van der Waals surface area contributed by atoms with Gasteiger partial charge in [-0.25, -0.2) is 12.8 Å². The van der Waals surface area contributed by atoms with Crippen molar-refractivity contribution in [1.29, 1.82) is 0 Å². The molecule has 0 aliphatic carbocycles. The molecule has 2 aromatic carbocycles. The van der Waals surface area contributed by atoms with Gasteiger partial charge in [0.25, 0.3) is 0 Å². The van der Waals surface area contributed by atoms with Crippen LogP contribution < -0.4 is 10.6 Å². The van der Waals surface area contributed by atoms with Crippen molar-refractivity contribution in [3.8, 4) is 0 Å². The number of anilines is 1. The number of rotatable bonds is 6. The predicted molar refractivity (Wildman–Crippen MR) is 125 cm³/mol. The fourth-order valence-electron chi connectivity index (χ4n) is 4.11. The number of hydrogen-bond acceptors (Lipinski definition) is 4. The Labute approximate surface area is 194 Å². The van der Waals surface area contributed by atoms with Gasteiger partial charge < -0.3 is 10.6 Å². The summed E-state index contributed by atoms with van der Waals surface area (Å²) in [4.78, 5) is 24.7. The van der Waals surface area contributed by atoms with Crippen LogP contribution in [0.25, 0.3) is 0 Å². The Morgan fingerprint density at radius 3 is 2.39 bits per heavy atom. The second-order valence-corrected chi connectivity index (χ2v) is 10.3. The highest BCUT2D eigenvalue weighted by Gasteiger charge is 2.33. The van der Waals surface area contributed by atoms with Crippen molar-refractivity contribution in [2.24, 2.45) is 0 Å². The van der Waals surface area contributed by atoms with Crippen molar-refractivity contribution < 1.29 is 22.4 Å².